The molecule has 0 unspecified atom stereocenters. The Hall–Kier alpha value is -2.74. The maximum Gasteiger partial charge on any atom is 0.263 e. The number of carbonyl (C=O) groups is 1. The van der Waals surface area contributed by atoms with Gasteiger partial charge in [0.25, 0.3) is 5.91 Å². The molecule has 2 aromatic rings. The Morgan fingerprint density at radius 1 is 1.17 bits per heavy atom. The van der Waals surface area contributed by atoms with Gasteiger partial charge in [0.15, 0.2) is 6.10 Å². The van der Waals surface area contributed by atoms with Crippen molar-refractivity contribution in [1.29, 1.82) is 0 Å². The maximum atomic E-state index is 12.7. The van der Waals surface area contributed by atoms with Crippen LogP contribution in [0.2, 0.25) is 0 Å². The number of rotatable bonds is 7. The molecule has 0 fully saturated rings. The van der Waals surface area contributed by atoms with Crippen LogP contribution < -0.4 is 19.3 Å². The molecule has 0 saturated carbocycles. The topological polar surface area (TPSA) is 79.0 Å². The molecule has 1 N–H and O–H groups in total. The third kappa shape index (κ3) is 4.87. The number of aryl methyl sites for hydroxylation is 1. The minimum absolute atomic E-state index is 0.0539. The molecule has 0 radical (unpaired) electrons. The number of anilines is 2. The molecule has 3 rings (SSSR count). The molecule has 30 heavy (non-hydrogen) atoms. The van der Waals surface area contributed by atoms with Crippen molar-refractivity contribution in [2.24, 2.45) is 0 Å². The highest BCUT2D eigenvalue weighted by Crippen LogP contribution is 2.35. The summed E-state index contributed by atoms with van der Waals surface area (Å²) >= 11 is 0. The van der Waals surface area contributed by atoms with Gasteiger partial charge in [0.1, 0.15) is 5.75 Å². The van der Waals surface area contributed by atoms with Crippen molar-refractivity contribution in [2.75, 3.05) is 35.1 Å². The minimum atomic E-state index is -3.54. The zero-order valence-corrected chi connectivity index (χ0v) is 18.7. The van der Waals surface area contributed by atoms with E-state index >= 15 is 0 Å². The normalized spacial score (nSPS) is 15.9. The van der Waals surface area contributed by atoms with Crippen LogP contribution in [0.3, 0.4) is 0 Å². The van der Waals surface area contributed by atoms with Crippen LogP contribution in [0.25, 0.3) is 0 Å². The second-order valence-corrected chi connectivity index (χ2v) is 9.34. The molecule has 0 spiro atoms. The Bertz CT molecular complexity index is 1000. The Morgan fingerprint density at radius 3 is 2.43 bits per heavy atom. The van der Waals surface area contributed by atoms with Crippen LogP contribution in [-0.2, 0) is 21.4 Å². The van der Waals surface area contributed by atoms with E-state index in [0.29, 0.717) is 18.0 Å². The van der Waals surface area contributed by atoms with Crippen LogP contribution in [0, 0.1) is 6.92 Å². The van der Waals surface area contributed by atoms with Crippen LogP contribution >= 0.6 is 0 Å². The number of fused-ring (bicyclic) bond motifs is 1. The molecule has 1 amide bonds. The number of benzene rings is 2. The van der Waals surface area contributed by atoms with Crippen LogP contribution in [-0.4, -0.2) is 46.3 Å². The molecule has 1 heterocycles. The Kier molecular flexibility index (Phi) is 6.55. The quantitative estimate of drug-likeness (QED) is 0.729. The molecule has 1 aliphatic heterocycles. The number of hydrogen-bond acceptors (Lipinski definition) is 5. The predicted molar refractivity (Wildman–Crippen MR) is 120 cm³/mol. The first-order chi connectivity index (χ1) is 14.2. The number of hydrogen-bond donors (Lipinski definition) is 1. The molecular weight excluding hydrogens is 402 g/mol. The lowest BCUT2D eigenvalue weighted by molar-refractivity contribution is -0.127. The van der Waals surface area contributed by atoms with Gasteiger partial charge < -0.3 is 15.0 Å². The lowest BCUT2D eigenvalue weighted by Gasteiger charge is -2.34. The van der Waals surface area contributed by atoms with Crippen molar-refractivity contribution >= 4 is 27.3 Å². The second kappa shape index (κ2) is 8.95. The number of sulfonamides is 1. The summed E-state index contributed by atoms with van der Waals surface area (Å²) < 4.78 is 31.6. The SMILES string of the molecule is CCN(CC)c1ccc(CNC(=O)[C@@H]2CN(S(C)(=O)=O)c3ccc(C)cc3O2)cc1. The Morgan fingerprint density at radius 2 is 1.83 bits per heavy atom. The zero-order chi connectivity index (χ0) is 21.9. The van der Waals surface area contributed by atoms with E-state index in [1.807, 2.05) is 37.3 Å². The molecular formula is C22H29N3O4S. The van der Waals surface area contributed by atoms with Gasteiger partial charge >= 0.3 is 0 Å². The standard InChI is InChI=1S/C22H29N3O4S/c1-5-24(6-2)18-10-8-17(9-11-18)14-23-22(26)21-15-25(30(4,27)28)19-12-7-16(3)13-20(19)29-21/h7-13,21H,5-6,14-15H2,1-4H3,(H,23,26)/t21-/m0/s1. The monoisotopic (exact) mass is 431 g/mol. The summed E-state index contributed by atoms with van der Waals surface area (Å²) in [4.78, 5) is 15.0. The van der Waals surface area contributed by atoms with Gasteiger partial charge in [-0.15, -0.1) is 0 Å². The average molecular weight is 432 g/mol. The van der Waals surface area contributed by atoms with E-state index in [1.165, 1.54) is 4.31 Å². The van der Waals surface area contributed by atoms with Gasteiger partial charge in [-0.2, -0.15) is 0 Å². The third-order valence-electron chi connectivity index (χ3n) is 5.21. The summed E-state index contributed by atoms with van der Waals surface area (Å²) in [6.07, 6.45) is 0.220. The van der Waals surface area contributed by atoms with E-state index in [4.69, 9.17) is 4.74 Å². The van der Waals surface area contributed by atoms with Crippen molar-refractivity contribution in [3.63, 3.8) is 0 Å². The molecule has 0 aliphatic carbocycles. The highest BCUT2D eigenvalue weighted by Gasteiger charge is 2.34. The highest BCUT2D eigenvalue weighted by atomic mass is 32.2. The first-order valence-electron chi connectivity index (χ1n) is 10.1. The number of carbonyl (C=O) groups excluding carboxylic acids is 1. The molecule has 0 bridgehead atoms. The fourth-order valence-electron chi connectivity index (χ4n) is 3.53. The van der Waals surface area contributed by atoms with E-state index < -0.39 is 16.1 Å². The summed E-state index contributed by atoms with van der Waals surface area (Å²) in [6, 6.07) is 13.3. The first-order valence-corrected chi connectivity index (χ1v) is 11.9. The lowest BCUT2D eigenvalue weighted by atomic mass is 10.1. The van der Waals surface area contributed by atoms with Crippen molar-refractivity contribution in [1.82, 2.24) is 5.32 Å². The third-order valence-corrected chi connectivity index (χ3v) is 6.36. The summed E-state index contributed by atoms with van der Waals surface area (Å²) in [7, 11) is -3.54. The van der Waals surface area contributed by atoms with Crippen molar-refractivity contribution in [3.05, 3.63) is 53.6 Å². The second-order valence-electron chi connectivity index (χ2n) is 7.43. The van der Waals surface area contributed by atoms with Crippen LogP contribution in [0.15, 0.2) is 42.5 Å². The largest absolute Gasteiger partial charge is 0.476 e. The summed E-state index contributed by atoms with van der Waals surface area (Å²) in [5.74, 6) is 0.0547. The predicted octanol–water partition coefficient (Wildman–Crippen LogP) is 2.68. The highest BCUT2D eigenvalue weighted by molar-refractivity contribution is 7.92. The zero-order valence-electron chi connectivity index (χ0n) is 17.9. The molecule has 0 saturated heterocycles. The van der Waals surface area contributed by atoms with E-state index in [-0.39, 0.29) is 12.5 Å². The molecule has 1 aliphatic rings. The summed E-state index contributed by atoms with van der Waals surface area (Å²) in [5.41, 5.74) is 3.49. The Balaban J connectivity index is 1.70. The number of nitrogens with zero attached hydrogens (tertiary/aromatic N) is 2. The molecule has 7 nitrogen and oxygen atoms in total. The van der Waals surface area contributed by atoms with E-state index in [2.05, 4.69) is 24.1 Å². The van der Waals surface area contributed by atoms with E-state index in [9.17, 15) is 13.2 Å². The van der Waals surface area contributed by atoms with Gasteiger partial charge in [0.2, 0.25) is 10.0 Å². The summed E-state index contributed by atoms with van der Waals surface area (Å²) in [6.45, 7) is 8.27. The van der Waals surface area contributed by atoms with Gasteiger partial charge in [-0.05, 0) is 56.2 Å². The average Bonchev–Trinajstić information content (AvgIpc) is 2.72. The number of amides is 1. The van der Waals surface area contributed by atoms with Crippen molar-refractivity contribution in [3.8, 4) is 5.75 Å². The van der Waals surface area contributed by atoms with Crippen molar-refractivity contribution in [2.45, 2.75) is 33.4 Å². The van der Waals surface area contributed by atoms with Gasteiger partial charge in [-0.1, -0.05) is 18.2 Å². The summed E-state index contributed by atoms with van der Waals surface area (Å²) in [5, 5.41) is 2.86. The molecule has 162 valence electrons. The van der Waals surface area contributed by atoms with E-state index in [0.717, 1.165) is 36.2 Å². The van der Waals surface area contributed by atoms with E-state index in [1.54, 1.807) is 12.1 Å². The van der Waals surface area contributed by atoms with Gasteiger partial charge in [-0.25, -0.2) is 8.42 Å². The minimum Gasteiger partial charge on any atom is -0.476 e. The van der Waals surface area contributed by atoms with Crippen LogP contribution in [0.1, 0.15) is 25.0 Å². The Labute approximate surface area is 178 Å². The smallest absolute Gasteiger partial charge is 0.263 e. The molecule has 2 aromatic carbocycles. The fraction of sp³-hybridized carbons (Fsp3) is 0.409. The maximum absolute atomic E-state index is 12.7. The molecule has 8 heteroatoms. The van der Waals surface area contributed by atoms with Gasteiger partial charge in [-0.3, -0.25) is 9.10 Å². The van der Waals surface area contributed by atoms with Crippen molar-refractivity contribution < 1.29 is 17.9 Å². The molecule has 0 aromatic heterocycles. The number of ether oxygens (including phenoxy) is 1. The van der Waals surface area contributed by atoms with Gasteiger partial charge in [0, 0.05) is 25.3 Å². The van der Waals surface area contributed by atoms with Crippen LogP contribution in [0.4, 0.5) is 11.4 Å². The fourth-order valence-corrected chi connectivity index (χ4v) is 4.44. The first kappa shape index (κ1) is 22.0. The van der Waals surface area contributed by atoms with Gasteiger partial charge in [0.05, 0.1) is 18.5 Å². The number of nitrogens with one attached hydrogen (secondary N) is 1. The molecule has 1 atom stereocenters. The van der Waals surface area contributed by atoms with Crippen LogP contribution in [0.5, 0.6) is 5.75 Å². The lowest BCUT2D eigenvalue weighted by Crippen LogP contribution is -2.50.